The zero-order valence-corrected chi connectivity index (χ0v) is 32.0. The second-order valence-corrected chi connectivity index (χ2v) is 17.8. The van der Waals surface area contributed by atoms with Gasteiger partial charge >= 0.3 is 6.09 Å². The third-order valence-electron chi connectivity index (χ3n) is 14.6. The number of carbonyl (C=O) groups is 3. The SMILES string of the molecule is CCCCN1C(=O)c2cccc3c(NNC(=O)OC4CC[C@@]5(C)C(=CC[C@H]6[C@@H]7CC[C@H]([C@H](C)CCCC(C)C)[C@@]7(C)CC[C@@H]65)C4)ccc(c23)C1=O. The van der Waals surface area contributed by atoms with Gasteiger partial charge in [0.2, 0.25) is 0 Å². The van der Waals surface area contributed by atoms with Crippen LogP contribution in [0.2, 0.25) is 0 Å². The molecule has 1 heterocycles. The van der Waals surface area contributed by atoms with Crippen LogP contribution in [-0.2, 0) is 4.74 Å². The Morgan fingerprint density at radius 2 is 1.73 bits per heavy atom. The number of allylic oxidation sites excluding steroid dienone is 1. The van der Waals surface area contributed by atoms with Crippen LogP contribution in [0.5, 0.6) is 0 Å². The lowest BCUT2D eigenvalue weighted by Crippen LogP contribution is -2.51. The van der Waals surface area contributed by atoms with Crippen molar-refractivity contribution in [3.63, 3.8) is 0 Å². The van der Waals surface area contributed by atoms with Gasteiger partial charge in [0, 0.05) is 34.9 Å². The van der Waals surface area contributed by atoms with E-state index in [1.165, 1.54) is 61.8 Å². The molecule has 4 aliphatic carbocycles. The van der Waals surface area contributed by atoms with Crippen LogP contribution < -0.4 is 10.9 Å². The maximum Gasteiger partial charge on any atom is 0.426 e. The number of nitrogens with zero attached hydrogens (tertiary/aromatic N) is 1. The molecule has 2 aromatic carbocycles. The molecule has 0 bridgehead atoms. The minimum Gasteiger partial charge on any atom is -0.445 e. The predicted molar refractivity (Wildman–Crippen MR) is 204 cm³/mol. The van der Waals surface area contributed by atoms with Gasteiger partial charge in [-0.3, -0.25) is 19.9 Å². The van der Waals surface area contributed by atoms with E-state index < -0.39 is 6.09 Å². The Bertz CT molecular complexity index is 1680. The topological polar surface area (TPSA) is 87.7 Å². The third kappa shape index (κ3) is 6.39. The van der Waals surface area contributed by atoms with Crippen molar-refractivity contribution in [2.75, 3.05) is 12.0 Å². The predicted octanol–water partition coefficient (Wildman–Crippen LogP) is 10.7. The molecular weight excluding hydrogens is 635 g/mol. The number of unbranched alkanes of at least 4 members (excludes halogenated alkanes) is 1. The largest absolute Gasteiger partial charge is 0.445 e. The number of hydrazine groups is 1. The molecule has 1 aliphatic heterocycles. The van der Waals surface area contributed by atoms with Gasteiger partial charge in [-0.2, -0.15) is 0 Å². The number of carbonyl (C=O) groups excluding carboxylic acids is 3. The maximum atomic E-state index is 13.3. The Hall–Kier alpha value is -3.35. The number of anilines is 1. The molecule has 3 fully saturated rings. The zero-order chi connectivity index (χ0) is 36.1. The smallest absolute Gasteiger partial charge is 0.426 e. The molecule has 276 valence electrons. The highest BCUT2D eigenvalue weighted by molar-refractivity contribution is 6.26. The Kier molecular flexibility index (Phi) is 10.1. The fourth-order valence-electron chi connectivity index (χ4n) is 11.8. The van der Waals surface area contributed by atoms with E-state index in [2.05, 4.69) is 51.5 Å². The summed E-state index contributed by atoms with van der Waals surface area (Å²) in [5.41, 5.74) is 9.62. The summed E-state index contributed by atoms with van der Waals surface area (Å²) in [5, 5.41) is 1.34. The highest BCUT2D eigenvalue weighted by Crippen LogP contribution is 2.67. The van der Waals surface area contributed by atoms with Crippen molar-refractivity contribution in [3.8, 4) is 0 Å². The van der Waals surface area contributed by atoms with Crippen molar-refractivity contribution in [2.45, 2.75) is 131 Å². The molecule has 7 heteroatoms. The highest BCUT2D eigenvalue weighted by Gasteiger charge is 2.59. The van der Waals surface area contributed by atoms with E-state index in [9.17, 15) is 14.4 Å². The fraction of sp³-hybridized carbons (Fsp3) is 0.659. The number of imide groups is 1. The van der Waals surface area contributed by atoms with Crippen LogP contribution >= 0.6 is 0 Å². The molecule has 3 amide bonds. The summed E-state index contributed by atoms with van der Waals surface area (Å²) in [4.78, 5) is 41.0. The minimum absolute atomic E-state index is 0.153. The van der Waals surface area contributed by atoms with Crippen molar-refractivity contribution in [1.82, 2.24) is 10.3 Å². The second kappa shape index (κ2) is 14.2. The summed E-state index contributed by atoms with van der Waals surface area (Å²) < 4.78 is 6.03. The molecule has 0 radical (unpaired) electrons. The third-order valence-corrected chi connectivity index (χ3v) is 14.6. The number of hydrogen-bond donors (Lipinski definition) is 2. The van der Waals surface area contributed by atoms with Crippen molar-refractivity contribution < 1.29 is 19.1 Å². The van der Waals surface area contributed by atoms with Crippen LogP contribution in [0, 0.1) is 46.3 Å². The van der Waals surface area contributed by atoms with Gasteiger partial charge in [0.25, 0.3) is 11.8 Å². The number of nitrogens with one attached hydrogen (secondary N) is 2. The van der Waals surface area contributed by atoms with E-state index in [-0.39, 0.29) is 23.3 Å². The van der Waals surface area contributed by atoms with Crippen LogP contribution in [0.15, 0.2) is 42.0 Å². The lowest BCUT2D eigenvalue weighted by molar-refractivity contribution is -0.0580. The minimum atomic E-state index is -0.510. The molecule has 0 saturated heterocycles. The lowest BCUT2D eigenvalue weighted by atomic mass is 9.47. The normalized spacial score (nSPS) is 31.9. The average Bonchev–Trinajstić information content (AvgIpc) is 3.47. The van der Waals surface area contributed by atoms with Crippen molar-refractivity contribution in [2.24, 2.45) is 46.3 Å². The number of ether oxygens (including phenoxy) is 1. The van der Waals surface area contributed by atoms with Crippen LogP contribution in [0.3, 0.4) is 0 Å². The highest BCUT2D eigenvalue weighted by atomic mass is 16.6. The molecule has 7 nitrogen and oxygen atoms in total. The van der Waals surface area contributed by atoms with Gasteiger partial charge in [-0.1, -0.05) is 91.0 Å². The van der Waals surface area contributed by atoms with E-state index in [1.54, 1.807) is 18.2 Å². The molecule has 3 saturated carbocycles. The van der Waals surface area contributed by atoms with Gasteiger partial charge in [0.05, 0.1) is 5.69 Å². The Morgan fingerprint density at radius 1 is 0.941 bits per heavy atom. The van der Waals surface area contributed by atoms with Gasteiger partial charge in [-0.05, 0) is 116 Å². The Labute approximate surface area is 305 Å². The first-order valence-electron chi connectivity index (χ1n) is 20.3. The monoisotopic (exact) mass is 695 g/mol. The fourth-order valence-corrected chi connectivity index (χ4v) is 11.8. The Balaban J connectivity index is 0.973. The Morgan fingerprint density at radius 3 is 2.49 bits per heavy atom. The summed E-state index contributed by atoms with van der Waals surface area (Å²) in [7, 11) is 0. The quantitative estimate of drug-likeness (QED) is 0.139. The number of rotatable bonds is 11. The average molecular weight is 696 g/mol. The molecule has 7 rings (SSSR count). The molecule has 51 heavy (non-hydrogen) atoms. The van der Waals surface area contributed by atoms with Gasteiger partial charge in [-0.25, -0.2) is 10.2 Å². The van der Waals surface area contributed by atoms with Crippen LogP contribution in [0.4, 0.5) is 10.5 Å². The van der Waals surface area contributed by atoms with E-state index in [4.69, 9.17) is 4.74 Å². The van der Waals surface area contributed by atoms with Crippen molar-refractivity contribution >= 4 is 34.4 Å². The zero-order valence-electron chi connectivity index (χ0n) is 32.0. The first-order valence-corrected chi connectivity index (χ1v) is 20.3. The lowest BCUT2D eigenvalue weighted by Gasteiger charge is -2.58. The van der Waals surface area contributed by atoms with Gasteiger partial charge in [0.1, 0.15) is 6.10 Å². The summed E-state index contributed by atoms with van der Waals surface area (Å²) in [5.74, 6) is 4.31. The van der Waals surface area contributed by atoms with Crippen LogP contribution in [0.25, 0.3) is 10.8 Å². The number of amides is 3. The van der Waals surface area contributed by atoms with Gasteiger partial charge < -0.3 is 4.74 Å². The molecule has 0 aromatic heterocycles. The van der Waals surface area contributed by atoms with E-state index in [0.717, 1.165) is 73.0 Å². The molecule has 0 spiro atoms. The maximum absolute atomic E-state index is 13.3. The van der Waals surface area contributed by atoms with Crippen LogP contribution in [-0.4, -0.2) is 35.5 Å². The molecule has 5 aliphatic rings. The molecule has 2 aromatic rings. The number of hydrogen-bond acceptors (Lipinski definition) is 5. The van der Waals surface area contributed by atoms with Crippen molar-refractivity contribution in [3.05, 3.63) is 53.1 Å². The summed E-state index contributed by atoms with van der Waals surface area (Å²) >= 11 is 0. The molecular formula is C44H61N3O4. The molecule has 8 atom stereocenters. The summed E-state index contributed by atoms with van der Waals surface area (Å²) in [6, 6.07) is 9.01. The first kappa shape index (κ1) is 36.0. The first-order chi connectivity index (χ1) is 24.5. The second-order valence-electron chi connectivity index (χ2n) is 17.8. The van der Waals surface area contributed by atoms with E-state index in [1.807, 2.05) is 19.1 Å². The van der Waals surface area contributed by atoms with E-state index in [0.29, 0.717) is 34.2 Å². The van der Waals surface area contributed by atoms with Gasteiger partial charge in [-0.15, -0.1) is 0 Å². The van der Waals surface area contributed by atoms with Gasteiger partial charge in [0.15, 0.2) is 0 Å². The summed E-state index contributed by atoms with van der Waals surface area (Å²) in [6.07, 6.45) is 17.1. The molecule has 2 N–H and O–H groups in total. The van der Waals surface area contributed by atoms with E-state index >= 15 is 0 Å². The molecule has 1 unspecified atom stereocenters. The van der Waals surface area contributed by atoms with Crippen molar-refractivity contribution in [1.29, 1.82) is 0 Å². The number of benzene rings is 2. The number of fused-ring (bicyclic) bond motifs is 5. The van der Waals surface area contributed by atoms with Crippen LogP contribution in [0.1, 0.15) is 146 Å². The summed E-state index contributed by atoms with van der Waals surface area (Å²) in [6.45, 7) is 14.9. The standard InChI is InChI=1S/C44H61N3O4/c1-7-8-25-47-40(48)33-14-10-13-32-38(20-17-34(39(32)33)41(47)49)45-46-42(50)51-30-21-23-43(5)29(26-30)15-16-31-36-19-18-35(28(4)12-9-11-27(2)3)44(36,6)24-22-37(31)43/h10,13-15,17,20,27-28,30-31,35-37,45H,7-9,11-12,16,18-19,21-26H2,1-6H3,(H,46,50)/t28-,30?,31+,35-,36+,37+,43+,44-/m1/s1.